The molecule has 0 bridgehead atoms. The molecule has 1 aliphatic carbocycles. The van der Waals surface area contributed by atoms with Gasteiger partial charge >= 0.3 is 0 Å². The van der Waals surface area contributed by atoms with E-state index in [1.54, 1.807) is 13.4 Å². The molecule has 3 heterocycles. The summed E-state index contributed by atoms with van der Waals surface area (Å²) in [5.74, 6) is 1.72. The van der Waals surface area contributed by atoms with Gasteiger partial charge in [0, 0.05) is 38.7 Å². The number of piperidine rings is 2. The second kappa shape index (κ2) is 10.7. The van der Waals surface area contributed by atoms with Crippen molar-refractivity contribution in [2.75, 3.05) is 39.9 Å². The van der Waals surface area contributed by atoms with Gasteiger partial charge in [0.15, 0.2) is 0 Å². The molecular formula is C22H38N6O2. The molecule has 0 radical (unpaired) electrons. The molecule has 0 spiro atoms. The molecule has 1 saturated carbocycles. The lowest BCUT2D eigenvalue weighted by Gasteiger charge is -2.46. The van der Waals surface area contributed by atoms with Crippen molar-refractivity contribution >= 4 is 5.91 Å². The van der Waals surface area contributed by atoms with Crippen molar-refractivity contribution in [3.05, 3.63) is 6.33 Å². The minimum absolute atomic E-state index is 0.165. The molecule has 2 saturated heterocycles. The third-order valence-corrected chi connectivity index (χ3v) is 7.59. The van der Waals surface area contributed by atoms with Crippen molar-refractivity contribution in [1.29, 1.82) is 0 Å². The standard InChI is InChI=1S/C22H38N6O2/c1-30-14-13-27(16-20-5-4-12-26-11-3-2-6-21(20)26)22(29)19-9-7-18(8-10-19)15-28-17-23-24-25-28/h17-21H,2-16H2,1H3/t18?,19?,20-,21-/m1/s1. The van der Waals surface area contributed by atoms with E-state index in [0.29, 0.717) is 30.4 Å². The molecule has 8 heteroatoms. The number of aromatic nitrogens is 4. The molecule has 1 aromatic heterocycles. The zero-order valence-corrected chi connectivity index (χ0v) is 18.5. The van der Waals surface area contributed by atoms with E-state index >= 15 is 0 Å². The van der Waals surface area contributed by atoms with Crippen molar-refractivity contribution in [2.24, 2.45) is 17.8 Å². The van der Waals surface area contributed by atoms with Crippen LogP contribution in [-0.4, -0.2) is 81.9 Å². The van der Waals surface area contributed by atoms with Crippen LogP contribution in [0.2, 0.25) is 0 Å². The van der Waals surface area contributed by atoms with Crippen LogP contribution in [0.4, 0.5) is 0 Å². The molecule has 3 fully saturated rings. The van der Waals surface area contributed by atoms with Gasteiger partial charge in [0.1, 0.15) is 6.33 Å². The summed E-state index contributed by atoms with van der Waals surface area (Å²) in [6.07, 6.45) is 12.3. The van der Waals surface area contributed by atoms with Gasteiger partial charge in [0.05, 0.1) is 6.61 Å². The van der Waals surface area contributed by atoms with Crippen LogP contribution in [0.5, 0.6) is 0 Å². The maximum atomic E-state index is 13.5. The number of methoxy groups -OCH3 is 1. The molecule has 168 valence electrons. The Morgan fingerprint density at radius 2 is 1.93 bits per heavy atom. The van der Waals surface area contributed by atoms with E-state index in [9.17, 15) is 4.79 Å². The fourth-order valence-electron chi connectivity index (χ4n) is 5.94. The predicted octanol–water partition coefficient (Wildman–Crippen LogP) is 2.22. The molecule has 1 amide bonds. The highest BCUT2D eigenvalue weighted by molar-refractivity contribution is 5.79. The van der Waals surface area contributed by atoms with E-state index in [4.69, 9.17) is 4.74 Å². The molecular weight excluding hydrogens is 380 g/mol. The van der Waals surface area contributed by atoms with Crippen LogP contribution in [-0.2, 0) is 16.1 Å². The normalized spacial score (nSPS) is 30.0. The summed E-state index contributed by atoms with van der Waals surface area (Å²) in [7, 11) is 1.73. The van der Waals surface area contributed by atoms with E-state index in [-0.39, 0.29) is 5.92 Å². The van der Waals surface area contributed by atoms with Crippen molar-refractivity contribution < 1.29 is 9.53 Å². The van der Waals surface area contributed by atoms with Gasteiger partial charge in [-0.15, -0.1) is 5.10 Å². The van der Waals surface area contributed by atoms with Crippen molar-refractivity contribution in [1.82, 2.24) is 30.0 Å². The maximum absolute atomic E-state index is 13.5. The smallest absolute Gasteiger partial charge is 0.225 e. The SMILES string of the molecule is COCCN(C[C@H]1CCCN2CCCC[C@H]12)C(=O)C1CCC(Cn2cnnn2)CC1. The van der Waals surface area contributed by atoms with Gasteiger partial charge in [-0.3, -0.25) is 4.79 Å². The van der Waals surface area contributed by atoms with Gasteiger partial charge in [-0.1, -0.05) is 6.42 Å². The lowest BCUT2D eigenvalue weighted by Crippen LogP contribution is -2.52. The van der Waals surface area contributed by atoms with Gasteiger partial charge in [0.2, 0.25) is 5.91 Å². The Morgan fingerprint density at radius 1 is 1.10 bits per heavy atom. The number of hydrogen-bond acceptors (Lipinski definition) is 6. The molecule has 2 atom stereocenters. The van der Waals surface area contributed by atoms with E-state index in [1.807, 2.05) is 4.68 Å². The second-order valence-corrected chi connectivity index (χ2v) is 9.53. The van der Waals surface area contributed by atoms with Gasteiger partial charge < -0.3 is 14.5 Å². The van der Waals surface area contributed by atoms with Crippen molar-refractivity contribution in [3.8, 4) is 0 Å². The maximum Gasteiger partial charge on any atom is 0.225 e. The summed E-state index contributed by atoms with van der Waals surface area (Å²) >= 11 is 0. The summed E-state index contributed by atoms with van der Waals surface area (Å²) < 4.78 is 7.17. The Morgan fingerprint density at radius 3 is 2.70 bits per heavy atom. The molecule has 3 aliphatic rings. The molecule has 1 aromatic rings. The number of tetrazole rings is 1. The molecule has 4 rings (SSSR count). The number of hydrogen-bond donors (Lipinski definition) is 0. The zero-order chi connectivity index (χ0) is 20.8. The fourth-order valence-corrected chi connectivity index (χ4v) is 5.94. The van der Waals surface area contributed by atoms with Crippen LogP contribution in [0.15, 0.2) is 6.33 Å². The first-order valence-corrected chi connectivity index (χ1v) is 12.0. The highest BCUT2D eigenvalue weighted by Crippen LogP contribution is 2.34. The monoisotopic (exact) mass is 418 g/mol. The second-order valence-electron chi connectivity index (χ2n) is 9.53. The highest BCUT2D eigenvalue weighted by atomic mass is 16.5. The minimum Gasteiger partial charge on any atom is -0.383 e. The van der Waals surface area contributed by atoms with Crippen LogP contribution >= 0.6 is 0 Å². The average molecular weight is 419 g/mol. The molecule has 2 aliphatic heterocycles. The van der Waals surface area contributed by atoms with Gasteiger partial charge in [0.25, 0.3) is 0 Å². The zero-order valence-electron chi connectivity index (χ0n) is 18.5. The number of rotatable bonds is 8. The summed E-state index contributed by atoms with van der Waals surface area (Å²) in [5, 5.41) is 11.4. The minimum atomic E-state index is 0.165. The summed E-state index contributed by atoms with van der Waals surface area (Å²) in [4.78, 5) is 18.3. The topological polar surface area (TPSA) is 76.4 Å². The van der Waals surface area contributed by atoms with Crippen LogP contribution in [0.25, 0.3) is 0 Å². The lowest BCUT2D eigenvalue weighted by molar-refractivity contribution is -0.139. The van der Waals surface area contributed by atoms with Crippen LogP contribution in [0, 0.1) is 17.8 Å². The first kappa shape index (κ1) is 21.7. The van der Waals surface area contributed by atoms with Crippen LogP contribution in [0.3, 0.4) is 0 Å². The fraction of sp³-hybridized carbons (Fsp3) is 0.909. The molecule has 0 N–H and O–H groups in total. The number of amides is 1. The largest absolute Gasteiger partial charge is 0.383 e. The molecule has 30 heavy (non-hydrogen) atoms. The Kier molecular flexibility index (Phi) is 7.71. The molecule has 0 unspecified atom stereocenters. The molecule has 8 nitrogen and oxygen atoms in total. The Labute approximate surface area is 180 Å². The third kappa shape index (κ3) is 5.38. The van der Waals surface area contributed by atoms with Gasteiger partial charge in [-0.05, 0) is 86.7 Å². The number of ether oxygens (including phenoxy) is 1. The lowest BCUT2D eigenvalue weighted by atomic mass is 9.80. The van der Waals surface area contributed by atoms with E-state index in [0.717, 1.165) is 45.3 Å². The Bertz CT molecular complexity index is 644. The third-order valence-electron chi connectivity index (χ3n) is 7.59. The van der Waals surface area contributed by atoms with Crippen molar-refractivity contribution in [3.63, 3.8) is 0 Å². The Hall–Kier alpha value is -1.54. The summed E-state index contributed by atoms with van der Waals surface area (Å²) in [5.41, 5.74) is 0. The summed E-state index contributed by atoms with van der Waals surface area (Å²) in [6.45, 7) is 5.62. The van der Waals surface area contributed by atoms with Gasteiger partial charge in [-0.25, -0.2) is 4.68 Å². The number of carbonyl (C=O) groups is 1. The first-order chi connectivity index (χ1) is 14.7. The predicted molar refractivity (Wildman–Crippen MR) is 114 cm³/mol. The average Bonchev–Trinajstić information content (AvgIpc) is 3.30. The molecule has 0 aromatic carbocycles. The van der Waals surface area contributed by atoms with Gasteiger partial charge in [-0.2, -0.15) is 0 Å². The van der Waals surface area contributed by atoms with Crippen LogP contribution < -0.4 is 0 Å². The Balaban J connectivity index is 1.33. The highest BCUT2D eigenvalue weighted by Gasteiger charge is 2.36. The van der Waals surface area contributed by atoms with Crippen LogP contribution in [0.1, 0.15) is 57.8 Å². The number of nitrogens with zero attached hydrogens (tertiary/aromatic N) is 6. The number of fused-ring (bicyclic) bond motifs is 1. The first-order valence-electron chi connectivity index (χ1n) is 12.0. The summed E-state index contributed by atoms with van der Waals surface area (Å²) in [6, 6.07) is 0.678. The van der Waals surface area contributed by atoms with Crippen molar-refractivity contribution in [2.45, 2.75) is 70.4 Å². The number of carbonyl (C=O) groups excluding carboxylic acids is 1. The van der Waals surface area contributed by atoms with E-state index in [1.165, 1.54) is 45.2 Å². The quantitative estimate of drug-likeness (QED) is 0.644. The van der Waals surface area contributed by atoms with E-state index in [2.05, 4.69) is 25.3 Å². The van der Waals surface area contributed by atoms with E-state index < -0.39 is 0 Å².